The largest absolute Gasteiger partial charge is 0.495 e. The smallest absolute Gasteiger partial charge is 0.244 e. The van der Waals surface area contributed by atoms with E-state index in [1.54, 1.807) is 6.92 Å². The van der Waals surface area contributed by atoms with Crippen molar-refractivity contribution in [2.24, 2.45) is 0 Å². The summed E-state index contributed by atoms with van der Waals surface area (Å²) >= 11 is 9.56. The van der Waals surface area contributed by atoms with Crippen LogP contribution in [0.15, 0.2) is 46.9 Å². The lowest BCUT2D eigenvalue weighted by Crippen LogP contribution is -2.52. The number of nitrogens with one attached hydrogen (secondary N) is 1. The van der Waals surface area contributed by atoms with Crippen molar-refractivity contribution in [3.8, 4) is 5.75 Å². The first-order chi connectivity index (χ1) is 15.8. The Kier molecular flexibility index (Phi) is 9.78. The van der Waals surface area contributed by atoms with Gasteiger partial charge in [-0.1, -0.05) is 39.7 Å². The van der Waals surface area contributed by atoms with Crippen LogP contribution in [0.4, 0.5) is 5.69 Å². The number of rotatable bonds is 10. The van der Waals surface area contributed by atoms with Crippen LogP contribution in [0.5, 0.6) is 5.75 Å². The molecule has 11 heteroatoms. The van der Waals surface area contributed by atoms with E-state index in [2.05, 4.69) is 21.2 Å². The van der Waals surface area contributed by atoms with Gasteiger partial charge in [-0.3, -0.25) is 13.9 Å². The highest BCUT2D eigenvalue weighted by Gasteiger charge is 2.30. The second kappa shape index (κ2) is 11.9. The third-order valence-electron chi connectivity index (χ3n) is 4.97. The molecule has 1 atom stereocenters. The Labute approximate surface area is 214 Å². The van der Waals surface area contributed by atoms with Crippen molar-refractivity contribution in [3.05, 3.63) is 57.5 Å². The summed E-state index contributed by atoms with van der Waals surface area (Å²) in [4.78, 5) is 27.6. The number of hydrogen-bond acceptors (Lipinski definition) is 5. The van der Waals surface area contributed by atoms with Crippen molar-refractivity contribution in [1.29, 1.82) is 0 Å². The number of carbonyl (C=O) groups is 2. The molecule has 1 N–H and O–H groups in total. The molecule has 186 valence electrons. The Balaban J connectivity index is 2.40. The van der Waals surface area contributed by atoms with Gasteiger partial charge in [0.2, 0.25) is 21.8 Å². The van der Waals surface area contributed by atoms with Crippen LogP contribution in [-0.2, 0) is 26.2 Å². The van der Waals surface area contributed by atoms with Gasteiger partial charge in [0.15, 0.2) is 0 Å². The van der Waals surface area contributed by atoms with E-state index in [4.69, 9.17) is 16.3 Å². The van der Waals surface area contributed by atoms with Crippen LogP contribution in [0.1, 0.15) is 26.3 Å². The highest BCUT2D eigenvalue weighted by Crippen LogP contribution is 2.30. The molecule has 0 aliphatic rings. The van der Waals surface area contributed by atoms with Gasteiger partial charge in [-0.15, -0.1) is 0 Å². The third kappa shape index (κ3) is 7.61. The zero-order valence-electron chi connectivity index (χ0n) is 19.7. The first-order valence-corrected chi connectivity index (χ1v) is 13.5. The Bertz CT molecular complexity index is 1130. The molecule has 0 aromatic heterocycles. The molecule has 0 spiro atoms. The van der Waals surface area contributed by atoms with Crippen LogP contribution in [0.2, 0.25) is 5.02 Å². The van der Waals surface area contributed by atoms with Crippen molar-refractivity contribution < 1.29 is 22.7 Å². The number of ether oxygens (including phenoxy) is 1. The summed E-state index contributed by atoms with van der Waals surface area (Å²) in [6.45, 7) is 4.88. The van der Waals surface area contributed by atoms with Crippen molar-refractivity contribution in [2.45, 2.75) is 39.4 Å². The Hall–Kier alpha value is -2.30. The SMILES string of the molecule is COc1ccc(N(CC(=O)N(Cc2ccc(Br)cc2)C(C)C(=O)NC(C)C)S(C)(=O)=O)cc1Cl. The predicted molar refractivity (Wildman–Crippen MR) is 138 cm³/mol. The maximum absolute atomic E-state index is 13.5. The quantitative estimate of drug-likeness (QED) is 0.466. The van der Waals surface area contributed by atoms with Gasteiger partial charge in [0.25, 0.3) is 0 Å². The van der Waals surface area contributed by atoms with E-state index in [0.29, 0.717) is 5.75 Å². The van der Waals surface area contributed by atoms with Gasteiger partial charge in [-0.25, -0.2) is 8.42 Å². The van der Waals surface area contributed by atoms with Gasteiger partial charge in [0.05, 0.1) is 24.1 Å². The van der Waals surface area contributed by atoms with E-state index >= 15 is 0 Å². The van der Waals surface area contributed by atoms with Crippen LogP contribution in [0.25, 0.3) is 0 Å². The zero-order valence-corrected chi connectivity index (χ0v) is 22.9. The normalized spacial score (nSPS) is 12.2. The fourth-order valence-electron chi connectivity index (χ4n) is 3.20. The van der Waals surface area contributed by atoms with E-state index < -0.39 is 28.5 Å². The Morgan fingerprint density at radius 1 is 1.12 bits per heavy atom. The van der Waals surface area contributed by atoms with Gasteiger partial charge in [0, 0.05) is 17.1 Å². The van der Waals surface area contributed by atoms with Crippen molar-refractivity contribution in [1.82, 2.24) is 10.2 Å². The van der Waals surface area contributed by atoms with Crippen LogP contribution >= 0.6 is 27.5 Å². The van der Waals surface area contributed by atoms with Crippen molar-refractivity contribution in [2.75, 3.05) is 24.2 Å². The predicted octanol–water partition coefficient (Wildman–Crippen LogP) is 3.82. The number of nitrogens with zero attached hydrogens (tertiary/aromatic N) is 2. The zero-order chi connectivity index (χ0) is 25.6. The molecule has 0 fully saturated rings. The number of halogens is 2. The topological polar surface area (TPSA) is 96.0 Å². The molecule has 2 aromatic carbocycles. The average Bonchev–Trinajstić information content (AvgIpc) is 2.75. The van der Waals surface area contributed by atoms with Gasteiger partial charge < -0.3 is 15.0 Å². The molecular weight excluding hydrogens is 546 g/mol. The molecule has 0 saturated carbocycles. The minimum atomic E-state index is -3.85. The molecular formula is C23H29BrClN3O5S. The van der Waals surface area contributed by atoms with Gasteiger partial charge in [-0.05, 0) is 56.7 Å². The second-order valence-corrected chi connectivity index (χ2v) is 11.3. The molecule has 0 heterocycles. The number of hydrogen-bond donors (Lipinski definition) is 1. The molecule has 2 rings (SSSR count). The summed E-state index contributed by atoms with van der Waals surface area (Å²) < 4.78 is 32.2. The van der Waals surface area contributed by atoms with Gasteiger partial charge in [-0.2, -0.15) is 0 Å². The third-order valence-corrected chi connectivity index (χ3v) is 6.93. The van der Waals surface area contributed by atoms with Crippen LogP contribution in [0, 0.1) is 0 Å². The maximum atomic E-state index is 13.5. The number of sulfonamides is 1. The first-order valence-electron chi connectivity index (χ1n) is 10.5. The number of amides is 2. The summed E-state index contributed by atoms with van der Waals surface area (Å²) in [6, 6.07) is 10.8. The minimum absolute atomic E-state index is 0.117. The fraction of sp³-hybridized carbons (Fsp3) is 0.391. The summed E-state index contributed by atoms with van der Waals surface area (Å²) in [5, 5.41) is 3.01. The fourth-order valence-corrected chi connectivity index (χ4v) is 4.56. The molecule has 0 saturated heterocycles. The molecule has 2 amide bonds. The minimum Gasteiger partial charge on any atom is -0.495 e. The molecule has 1 unspecified atom stereocenters. The summed E-state index contributed by atoms with van der Waals surface area (Å²) in [7, 11) is -2.40. The van der Waals surface area contributed by atoms with Crippen molar-refractivity contribution in [3.63, 3.8) is 0 Å². The standard InChI is InChI=1S/C23H29BrClN3O5S/c1-15(2)26-23(30)16(3)27(13-17-6-8-18(24)9-7-17)22(29)14-28(34(5,31)32)19-10-11-21(33-4)20(25)12-19/h6-12,15-16H,13-14H2,1-5H3,(H,26,30). The van der Waals surface area contributed by atoms with Crippen molar-refractivity contribution >= 4 is 55.1 Å². The van der Waals surface area contributed by atoms with E-state index in [1.165, 1.54) is 30.2 Å². The van der Waals surface area contributed by atoms with Crippen LogP contribution < -0.4 is 14.4 Å². The lowest BCUT2D eigenvalue weighted by atomic mass is 10.1. The Morgan fingerprint density at radius 2 is 1.74 bits per heavy atom. The molecule has 0 bridgehead atoms. The molecule has 2 aromatic rings. The summed E-state index contributed by atoms with van der Waals surface area (Å²) in [5.74, 6) is -0.494. The number of benzene rings is 2. The second-order valence-electron chi connectivity index (χ2n) is 8.08. The lowest BCUT2D eigenvalue weighted by molar-refractivity contribution is -0.139. The van der Waals surface area contributed by atoms with E-state index in [9.17, 15) is 18.0 Å². The average molecular weight is 575 g/mol. The molecule has 8 nitrogen and oxygen atoms in total. The van der Waals surface area contributed by atoms with Crippen LogP contribution in [0.3, 0.4) is 0 Å². The van der Waals surface area contributed by atoms with E-state index in [0.717, 1.165) is 20.6 Å². The monoisotopic (exact) mass is 573 g/mol. The summed E-state index contributed by atoms with van der Waals surface area (Å²) in [6.07, 6.45) is 1.01. The molecule has 34 heavy (non-hydrogen) atoms. The van der Waals surface area contributed by atoms with Gasteiger partial charge in [0.1, 0.15) is 18.3 Å². The van der Waals surface area contributed by atoms with E-state index in [-0.39, 0.29) is 29.2 Å². The lowest BCUT2D eigenvalue weighted by Gasteiger charge is -2.32. The Morgan fingerprint density at radius 3 is 2.24 bits per heavy atom. The highest BCUT2D eigenvalue weighted by atomic mass is 79.9. The number of carbonyl (C=O) groups excluding carboxylic acids is 2. The highest BCUT2D eigenvalue weighted by molar-refractivity contribution is 9.10. The summed E-state index contributed by atoms with van der Waals surface area (Å²) in [5.41, 5.74) is 1.00. The van der Waals surface area contributed by atoms with E-state index in [1.807, 2.05) is 38.1 Å². The molecule has 0 aliphatic heterocycles. The number of methoxy groups -OCH3 is 1. The first kappa shape index (κ1) is 27.9. The molecule has 0 radical (unpaired) electrons. The van der Waals surface area contributed by atoms with Crippen LogP contribution in [-0.4, -0.2) is 57.1 Å². The maximum Gasteiger partial charge on any atom is 0.244 e. The number of anilines is 1. The van der Waals surface area contributed by atoms with Gasteiger partial charge >= 0.3 is 0 Å². The molecule has 0 aliphatic carbocycles.